The summed E-state index contributed by atoms with van der Waals surface area (Å²) in [4.78, 5) is 11.0. The van der Waals surface area contributed by atoms with Gasteiger partial charge in [0.2, 0.25) is 0 Å². The zero-order chi connectivity index (χ0) is 15.0. The minimum Gasteiger partial charge on any atom is -0.493 e. The van der Waals surface area contributed by atoms with E-state index in [0.717, 1.165) is 12.1 Å². The van der Waals surface area contributed by atoms with Crippen molar-refractivity contribution in [1.82, 2.24) is 5.32 Å². The van der Waals surface area contributed by atoms with E-state index >= 15 is 0 Å². The quantitative estimate of drug-likeness (QED) is 0.588. The van der Waals surface area contributed by atoms with Crippen LogP contribution in [-0.4, -0.2) is 26.2 Å². The highest BCUT2D eigenvalue weighted by Gasteiger charge is 2.12. The van der Waals surface area contributed by atoms with E-state index in [1.54, 1.807) is 6.07 Å². The molecule has 0 spiro atoms. The summed E-state index contributed by atoms with van der Waals surface area (Å²) in [6.45, 7) is 5.14. The van der Waals surface area contributed by atoms with Gasteiger partial charge in [0, 0.05) is 18.0 Å². The first-order valence-electron chi connectivity index (χ1n) is 6.81. The fourth-order valence-corrected chi connectivity index (χ4v) is 1.91. The van der Waals surface area contributed by atoms with Gasteiger partial charge in [0.05, 0.1) is 13.7 Å². The topological polar surface area (TPSA) is 47.6 Å². The number of hydrogen-bond donors (Lipinski definition) is 1. The number of carbonyl (C=O) groups is 1. The molecule has 0 fully saturated rings. The number of halogens is 1. The van der Waals surface area contributed by atoms with Gasteiger partial charge in [-0.3, -0.25) is 4.79 Å². The molecule has 1 N–H and O–H groups in total. The molecule has 1 aromatic carbocycles. The number of carbonyl (C=O) groups excluding carboxylic acids is 1. The molecule has 0 aliphatic rings. The van der Waals surface area contributed by atoms with E-state index in [2.05, 4.69) is 10.1 Å². The molecule has 0 aliphatic carbocycles. The Labute approximate surface area is 119 Å². The highest BCUT2D eigenvalue weighted by molar-refractivity contribution is 5.69. The Morgan fingerprint density at radius 2 is 2.20 bits per heavy atom. The molecule has 5 heteroatoms. The van der Waals surface area contributed by atoms with E-state index in [0.29, 0.717) is 25.2 Å². The number of nitrogens with one attached hydrogen (secondary N) is 1. The number of esters is 1. The van der Waals surface area contributed by atoms with Crippen molar-refractivity contribution in [3.8, 4) is 5.75 Å². The van der Waals surface area contributed by atoms with Crippen LogP contribution in [0.1, 0.15) is 38.3 Å². The van der Waals surface area contributed by atoms with Gasteiger partial charge in [-0.1, -0.05) is 6.92 Å². The van der Waals surface area contributed by atoms with Crippen molar-refractivity contribution in [2.75, 3.05) is 20.3 Å². The van der Waals surface area contributed by atoms with Gasteiger partial charge in [0.15, 0.2) is 0 Å². The van der Waals surface area contributed by atoms with Crippen molar-refractivity contribution in [1.29, 1.82) is 0 Å². The number of methoxy groups -OCH3 is 1. The minimum atomic E-state index is -0.285. The number of rotatable bonds is 8. The van der Waals surface area contributed by atoms with E-state index in [1.807, 2.05) is 13.8 Å². The number of benzene rings is 1. The van der Waals surface area contributed by atoms with Gasteiger partial charge < -0.3 is 14.8 Å². The average molecular weight is 283 g/mol. The first kappa shape index (κ1) is 16.4. The van der Waals surface area contributed by atoms with Crippen LogP contribution in [-0.2, 0) is 9.53 Å². The Morgan fingerprint density at radius 1 is 1.45 bits per heavy atom. The summed E-state index contributed by atoms with van der Waals surface area (Å²) in [5.74, 6) is 0.102. The van der Waals surface area contributed by atoms with Crippen LogP contribution in [0.2, 0.25) is 0 Å². The Bertz CT molecular complexity index is 437. The second-order valence-corrected chi connectivity index (χ2v) is 4.49. The van der Waals surface area contributed by atoms with Gasteiger partial charge in [0.25, 0.3) is 0 Å². The highest BCUT2D eigenvalue weighted by Crippen LogP contribution is 2.26. The van der Waals surface area contributed by atoms with E-state index < -0.39 is 0 Å². The SMILES string of the molecule is CCNC(C)c1cc(F)ccc1OCCCC(=O)OC. The van der Waals surface area contributed by atoms with E-state index in [1.165, 1.54) is 19.2 Å². The highest BCUT2D eigenvalue weighted by atomic mass is 19.1. The monoisotopic (exact) mass is 283 g/mol. The third-order valence-corrected chi connectivity index (χ3v) is 2.96. The van der Waals surface area contributed by atoms with Crippen molar-refractivity contribution in [2.45, 2.75) is 32.7 Å². The zero-order valence-corrected chi connectivity index (χ0v) is 12.2. The summed E-state index contributed by atoms with van der Waals surface area (Å²) in [7, 11) is 1.36. The van der Waals surface area contributed by atoms with Crippen LogP contribution in [0, 0.1) is 5.82 Å². The van der Waals surface area contributed by atoms with E-state index in [4.69, 9.17) is 4.74 Å². The smallest absolute Gasteiger partial charge is 0.305 e. The molecule has 0 aliphatic heterocycles. The first-order chi connectivity index (χ1) is 9.58. The van der Waals surface area contributed by atoms with Gasteiger partial charge in [-0.25, -0.2) is 4.39 Å². The maximum atomic E-state index is 13.3. The summed E-state index contributed by atoms with van der Waals surface area (Å²) in [5, 5.41) is 3.23. The second kappa shape index (κ2) is 8.53. The molecule has 20 heavy (non-hydrogen) atoms. The summed E-state index contributed by atoms with van der Waals surface area (Å²) in [6, 6.07) is 4.48. The molecule has 0 radical (unpaired) electrons. The molecule has 1 aromatic rings. The third-order valence-electron chi connectivity index (χ3n) is 2.96. The first-order valence-corrected chi connectivity index (χ1v) is 6.81. The summed E-state index contributed by atoms with van der Waals surface area (Å²) in [6.07, 6.45) is 0.884. The van der Waals surface area contributed by atoms with Gasteiger partial charge >= 0.3 is 5.97 Å². The third kappa shape index (κ3) is 5.17. The Hall–Kier alpha value is -1.62. The lowest BCUT2D eigenvalue weighted by Crippen LogP contribution is -2.19. The van der Waals surface area contributed by atoms with Crippen molar-refractivity contribution < 1.29 is 18.7 Å². The standard InChI is InChI=1S/C15H22FNO3/c1-4-17-11(2)13-10-12(16)7-8-14(13)20-9-5-6-15(18)19-3/h7-8,10-11,17H,4-6,9H2,1-3H3. The van der Waals surface area contributed by atoms with Crippen molar-refractivity contribution >= 4 is 5.97 Å². The molecule has 4 nitrogen and oxygen atoms in total. The van der Waals surface area contributed by atoms with E-state index in [-0.39, 0.29) is 17.8 Å². The van der Waals surface area contributed by atoms with Crippen LogP contribution in [0.4, 0.5) is 4.39 Å². The van der Waals surface area contributed by atoms with Crippen LogP contribution >= 0.6 is 0 Å². The molecule has 1 atom stereocenters. The molecule has 1 rings (SSSR count). The van der Waals surface area contributed by atoms with Gasteiger partial charge in [-0.05, 0) is 38.1 Å². The van der Waals surface area contributed by atoms with Crippen molar-refractivity contribution in [2.24, 2.45) is 0 Å². The average Bonchev–Trinajstić information content (AvgIpc) is 2.44. The van der Waals surface area contributed by atoms with Crippen molar-refractivity contribution in [3.05, 3.63) is 29.6 Å². The van der Waals surface area contributed by atoms with Crippen molar-refractivity contribution in [3.63, 3.8) is 0 Å². The molecule has 112 valence electrons. The zero-order valence-electron chi connectivity index (χ0n) is 12.2. The second-order valence-electron chi connectivity index (χ2n) is 4.49. The molecule has 0 amide bonds. The maximum Gasteiger partial charge on any atom is 0.305 e. The largest absolute Gasteiger partial charge is 0.493 e. The maximum absolute atomic E-state index is 13.3. The van der Waals surface area contributed by atoms with Crippen LogP contribution in [0.5, 0.6) is 5.75 Å². The fraction of sp³-hybridized carbons (Fsp3) is 0.533. The summed E-state index contributed by atoms with van der Waals surface area (Å²) < 4.78 is 23.5. The molecular formula is C15H22FNO3. The Balaban J connectivity index is 2.62. The summed E-state index contributed by atoms with van der Waals surface area (Å²) >= 11 is 0. The van der Waals surface area contributed by atoms with Gasteiger partial charge in [0.1, 0.15) is 11.6 Å². The van der Waals surface area contributed by atoms with Gasteiger partial charge in [-0.2, -0.15) is 0 Å². The molecular weight excluding hydrogens is 261 g/mol. The predicted octanol–water partition coefficient (Wildman–Crippen LogP) is 2.83. The lowest BCUT2D eigenvalue weighted by Gasteiger charge is -2.17. The number of hydrogen-bond acceptors (Lipinski definition) is 4. The Kier molecular flexibility index (Phi) is 7.01. The molecule has 0 bridgehead atoms. The lowest BCUT2D eigenvalue weighted by atomic mass is 10.1. The fourth-order valence-electron chi connectivity index (χ4n) is 1.91. The predicted molar refractivity (Wildman–Crippen MR) is 75.2 cm³/mol. The van der Waals surface area contributed by atoms with Crippen LogP contribution < -0.4 is 10.1 Å². The normalized spacial score (nSPS) is 12.0. The van der Waals surface area contributed by atoms with E-state index in [9.17, 15) is 9.18 Å². The molecule has 0 saturated heterocycles. The van der Waals surface area contributed by atoms with Crippen LogP contribution in [0.25, 0.3) is 0 Å². The minimum absolute atomic E-state index is 0.00584. The van der Waals surface area contributed by atoms with Crippen LogP contribution in [0.15, 0.2) is 18.2 Å². The molecule has 0 heterocycles. The molecule has 0 aromatic heterocycles. The number of ether oxygens (including phenoxy) is 2. The van der Waals surface area contributed by atoms with Gasteiger partial charge in [-0.15, -0.1) is 0 Å². The molecule has 1 unspecified atom stereocenters. The summed E-state index contributed by atoms with van der Waals surface area (Å²) in [5.41, 5.74) is 0.782. The lowest BCUT2D eigenvalue weighted by molar-refractivity contribution is -0.140. The van der Waals surface area contributed by atoms with Crippen LogP contribution in [0.3, 0.4) is 0 Å². The molecule has 0 saturated carbocycles. The Morgan fingerprint density at radius 3 is 2.85 bits per heavy atom.